The molecule has 0 aliphatic heterocycles. The molecule has 2 rings (SSSR count). The number of carbonyl (C=O) groups excluding carboxylic acids is 2. The summed E-state index contributed by atoms with van der Waals surface area (Å²) in [6, 6.07) is 11.5. The second-order valence-electron chi connectivity index (χ2n) is 5.78. The van der Waals surface area contributed by atoms with Crippen molar-refractivity contribution >= 4 is 23.3 Å². The van der Waals surface area contributed by atoms with E-state index < -0.39 is 23.4 Å². The predicted octanol–water partition coefficient (Wildman–Crippen LogP) is 3.03. The first-order chi connectivity index (χ1) is 12.9. The highest BCUT2D eigenvalue weighted by atomic mass is 16.6. The minimum Gasteiger partial charge on any atom is -0.496 e. The van der Waals surface area contributed by atoms with Gasteiger partial charge < -0.3 is 14.8 Å². The molecule has 0 unspecified atom stereocenters. The fraction of sp³-hybridized carbons (Fsp3) is 0.263. The number of nitro groups is 1. The summed E-state index contributed by atoms with van der Waals surface area (Å²) in [7, 11) is 1.55. The summed E-state index contributed by atoms with van der Waals surface area (Å²) in [6.07, 6.45) is 0.526. The SMILES string of the molecule is COc1ccccc1CCC(=O)OCC(=O)Nc1cc([N+](=O)[O-])ccc1C. The highest BCUT2D eigenvalue weighted by Gasteiger charge is 2.13. The first-order valence-electron chi connectivity index (χ1n) is 8.23. The van der Waals surface area contributed by atoms with Crippen LogP contribution in [0.25, 0.3) is 0 Å². The fourth-order valence-electron chi connectivity index (χ4n) is 2.41. The third-order valence-corrected chi connectivity index (χ3v) is 3.86. The number of rotatable bonds is 8. The van der Waals surface area contributed by atoms with Crippen LogP contribution >= 0.6 is 0 Å². The van der Waals surface area contributed by atoms with E-state index in [2.05, 4.69) is 5.32 Å². The van der Waals surface area contributed by atoms with Gasteiger partial charge in [-0.2, -0.15) is 0 Å². The molecule has 2 aromatic carbocycles. The molecular weight excluding hydrogens is 352 g/mol. The van der Waals surface area contributed by atoms with Gasteiger partial charge in [-0.05, 0) is 30.5 Å². The number of aryl methyl sites for hydroxylation is 2. The largest absolute Gasteiger partial charge is 0.496 e. The number of hydrogen-bond donors (Lipinski definition) is 1. The normalized spacial score (nSPS) is 10.1. The van der Waals surface area contributed by atoms with Crippen molar-refractivity contribution in [2.45, 2.75) is 19.8 Å². The summed E-state index contributed by atoms with van der Waals surface area (Å²) in [4.78, 5) is 34.1. The first-order valence-corrected chi connectivity index (χ1v) is 8.23. The van der Waals surface area contributed by atoms with Crippen LogP contribution in [0, 0.1) is 17.0 Å². The average molecular weight is 372 g/mol. The molecule has 1 amide bonds. The molecule has 1 N–H and O–H groups in total. The molecule has 8 nitrogen and oxygen atoms in total. The number of hydrogen-bond acceptors (Lipinski definition) is 6. The molecule has 142 valence electrons. The highest BCUT2D eigenvalue weighted by molar-refractivity contribution is 5.93. The summed E-state index contributed by atoms with van der Waals surface area (Å²) < 4.78 is 10.2. The molecule has 0 radical (unpaired) electrons. The zero-order valence-electron chi connectivity index (χ0n) is 15.1. The summed E-state index contributed by atoms with van der Waals surface area (Å²) in [5, 5.41) is 13.3. The number of non-ortho nitro benzene ring substituents is 1. The van der Waals surface area contributed by atoms with Gasteiger partial charge in [-0.15, -0.1) is 0 Å². The number of ether oxygens (including phenoxy) is 2. The van der Waals surface area contributed by atoms with Crippen LogP contribution in [0.15, 0.2) is 42.5 Å². The van der Waals surface area contributed by atoms with Gasteiger partial charge in [0.05, 0.1) is 17.7 Å². The van der Waals surface area contributed by atoms with Crippen molar-refractivity contribution in [3.05, 3.63) is 63.7 Å². The number of benzene rings is 2. The Kier molecular flexibility index (Phi) is 6.87. The van der Waals surface area contributed by atoms with Crippen LogP contribution in [0.4, 0.5) is 11.4 Å². The van der Waals surface area contributed by atoms with Gasteiger partial charge in [0, 0.05) is 18.6 Å². The summed E-state index contributed by atoms with van der Waals surface area (Å²) in [5.41, 5.74) is 1.70. The van der Waals surface area contributed by atoms with Gasteiger partial charge in [-0.1, -0.05) is 24.3 Å². The molecule has 0 aliphatic rings. The van der Waals surface area contributed by atoms with E-state index in [4.69, 9.17) is 9.47 Å². The maximum atomic E-state index is 11.9. The average Bonchev–Trinajstić information content (AvgIpc) is 2.66. The molecule has 0 atom stereocenters. The highest BCUT2D eigenvalue weighted by Crippen LogP contribution is 2.22. The second kappa shape index (κ2) is 9.33. The molecule has 0 aromatic heterocycles. The summed E-state index contributed by atoms with van der Waals surface area (Å²) >= 11 is 0. The van der Waals surface area contributed by atoms with Gasteiger partial charge in [0.25, 0.3) is 11.6 Å². The third-order valence-electron chi connectivity index (χ3n) is 3.86. The number of methoxy groups -OCH3 is 1. The minimum absolute atomic E-state index is 0.101. The Morgan fingerprint density at radius 3 is 2.63 bits per heavy atom. The molecule has 8 heteroatoms. The lowest BCUT2D eigenvalue weighted by Crippen LogP contribution is -2.21. The maximum absolute atomic E-state index is 11.9. The number of nitro benzene ring substituents is 1. The first kappa shape index (κ1) is 19.9. The number of nitrogens with zero attached hydrogens (tertiary/aromatic N) is 1. The van der Waals surface area contributed by atoms with Crippen LogP contribution in [0.1, 0.15) is 17.5 Å². The molecule has 0 saturated carbocycles. The second-order valence-corrected chi connectivity index (χ2v) is 5.78. The van der Waals surface area contributed by atoms with Crippen LogP contribution in [-0.2, 0) is 20.7 Å². The summed E-state index contributed by atoms with van der Waals surface area (Å²) in [5.74, 6) is -0.403. The van der Waals surface area contributed by atoms with Crippen molar-refractivity contribution in [2.24, 2.45) is 0 Å². The number of para-hydroxylation sites is 1. The monoisotopic (exact) mass is 372 g/mol. The third kappa shape index (κ3) is 5.81. The smallest absolute Gasteiger partial charge is 0.306 e. The number of carbonyl (C=O) groups is 2. The zero-order valence-corrected chi connectivity index (χ0v) is 15.1. The topological polar surface area (TPSA) is 108 Å². The van der Waals surface area contributed by atoms with E-state index >= 15 is 0 Å². The maximum Gasteiger partial charge on any atom is 0.306 e. The number of nitrogens with one attached hydrogen (secondary N) is 1. The fourth-order valence-corrected chi connectivity index (χ4v) is 2.41. The van der Waals surface area contributed by atoms with Crippen molar-refractivity contribution in [1.29, 1.82) is 0 Å². The lowest BCUT2D eigenvalue weighted by Gasteiger charge is -2.10. The van der Waals surface area contributed by atoms with Gasteiger partial charge in [0.15, 0.2) is 6.61 Å². The van der Waals surface area contributed by atoms with Gasteiger partial charge in [-0.3, -0.25) is 19.7 Å². The Morgan fingerprint density at radius 2 is 1.93 bits per heavy atom. The van der Waals surface area contributed by atoms with E-state index in [0.29, 0.717) is 23.4 Å². The van der Waals surface area contributed by atoms with E-state index in [9.17, 15) is 19.7 Å². The molecule has 0 fully saturated rings. The van der Waals surface area contributed by atoms with Crippen LogP contribution in [0.3, 0.4) is 0 Å². The van der Waals surface area contributed by atoms with Crippen LogP contribution in [0.2, 0.25) is 0 Å². The lowest BCUT2D eigenvalue weighted by atomic mass is 10.1. The van der Waals surface area contributed by atoms with Crippen molar-refractivity contribution < 1.29 is 24.0 Å². The quantitative estimate of drug-likeness (QED) is 0.433. The molecule has 0 spiro atoms. The molecule has 2 aromatic rings. The predicted molar refractivity (Wildman–Crippen MR) is 98.7 cm³/mol. The van der Waals surface area contributed by atoms with Crippen molar-refractivity contribution in [2.75, 3.05) is 19.0 Å². The van der Waals surface area contributed by atoms with Crippen LogP contribution < -0.4 is 10.1 Å². The van der Waals surface area contributed by atoms with E-state index in [1.165, 1.54) is 18.2 Å². The number of anilines is 1. The van der Waals surface area contributed by atoms with E-state index in [1.807, 2.05) is 18.2 Å². The van der Waals surface area contributed by atoms with Gasteiger partial charge in [-0.25, -0.2) is 0 Å². The zero-order chi connectivity index (χ0) is 19.8. The summed E-state index contributed by atoms with van der Waals surface area (Å²) in [6.45, 7) is 1.24. The molecular formula is C19H20N2O6. The Bertz CT molecular complexity index is 850. The molecule has 0 saturated heterocycles. The van der Waals surface area contributed by atoms with Gasteiger partial charge >= 0.3 is 5.97 Å². The lowest BCUT2D eigenvalue weighted by molar-refractivity contribution is -0.384. The Hall–Kier alpha value is -3.42. The number of amides is 1. The van der Waals surface area contributed by atoms with E-state index in [0.717, 1.165) is 5.56 Å². The Balaban J connectivity index is 1.84. The van der Waals surface area contributed by atoms with Crippen molar-refractivity contribution in [3.8, 4) is 5.75 Å². The molecule has 0 aliphatic carbocycles. The van der Waals surface area contributed by atoms with Crippen LogP contribution in [0.5, 0.6) is 5.75 Å². The van der Waals surface area contributed by atoms with Gasteiger partial charge in [0.2, 0.25) is 0 Å². The Morgan fingerprint density at radius 1 is 1.19 bits per heavy atom. The van der Waals surface area contributed by atoms with E-state index in [1.54, 1.807) is 20.1 Å². The number of esters is 1. The Labute approximate surface area is 156 Å². The minimum atomic E-state index is -0.566. The molecule has 0 heterocycles. The standard InChI is InChI=1S/C19H20N2O6/c1-13-7-9-15(21(24)25)11-16(13)20-18(22)12-27-19(23)10-8-14-5-3-4-6-17(14)26-2/h3-7,9,11H,8,10,12H2,1-2H3,(H,20,22). The van der Waals surface area contributed by atoms with Crippen molar-refractivity contribution in [3.63, 3.8) is 0 Å². The van der Waals surface area contributed by atoms with Gasteiger partial charge in [0.1, 0.15) is 5.75 Å². The molecule has 0 bridgehead atoms. The van der Waals surface area contributed by atoms with E-state index in [-0.39, 0.29) is 12.1 Å². The molecule has 27 heavy (non-hydrogen) atoms. The van der Waals surface area contributed by atoms with Crippen LogP contribution in [-0.4, -0.2) is 30.5 Å². The van der Waals surface area contributed by atoms with Crippen molar-refractivity contribution in [1.82, 2.24) is 0 Å².